The number of anilines is 1. The van der Waals surface area contributed by atoms with Crippen LogP contribution in [0.1, 0.15) is 68.7 Å². The topological polar surface area (TPSA) is 66.2 Å². The van der Waals surface area contributed by atoms with E-state index in [-0.39, 0.29) is 0 Å². The number of nitrogens with two attached hydrogens (primary N) is 1. The van der Waals surface area contributed by atoms with Gasteiger partial charge in [0.2, 0.25) is 0 Å². The number of rotatable bonds is 3. The molecule has 1 aromatic heterocycles. The van der Waals surface area contributed by atoms with E-state index in [1.807, 2.05) is 26.1 Å². The molecule has 2 aliphatic carbocycles. The van der Waals surface area contributed by atoms with Gasteiger partial charge in [-0.2, -0.15) is 0 Å². The maximum atomic E-state index is 6.13. The Kier molecular flexibility index (Phi) is 7.94. The van der Waals surface area contributed by atoms with Crippen LogP contribution in [0.15, 0.2) is 59.3 Å². The molecular formula is C27H36N4. The van der Waals surface area contributed by atoms with Gasteiger partial charge in [-0.3, -0.25) is 4.99 Å². The predicted molar refractivity (Wildman–Crippen MR) is 136 cm³/mol. The number of benzene rings is 1. The molecule has 4 N–H and O–H groups in total. The summed E-state index contributed by atoms with van der Waals surface area (Å²) in [4.78, 5) is 7.80. The van der Waals surface area contributed by atoms with E-state index in [1.54, 1.807) is 0 Å². The number of nitrogens with one attached hydrogen (secondary N) is 2. The first kappa shape index (κ1) is 22.7. The minimum Gasteiger partial charge on any atom is -0.383 e. The summed E-state index contributed by atoms with van der Waals surface area (Å²) in [5.74, 6) is 1.76. The highest BCUT2D eigenvalue weighted by Crippen LogP contribution is 2.30. The fraction of sp³-hybridized carbons (Fsp3) is 0.370. The van der Waals surface area contributed by atoms with E-state index in [4.69, 9.17) is 5.73 Å². The molecule has 31 heavy (non-hydrogen) atoms. The molecule has 1 aliphatic heterocycles. The van der Waals surface area contributed by atoms with Crippen molar-refractivity contribution in [1.82, 2.24) is 4.98 Å². The summed E-state index contributed by atoms with van der Waals surface area (Å²) >= 11 is 0. The van der Waals surface area contributed by atoms with Crippen LogP contribution >= 0.6 is 0 Å². The van der Waals surface area contributed by atoms with Crippen molar-refractivity contribution < 1.29 is 0 Å². The van der Waals surface area contributed by atoms with Crippen molar-refractivity contribution >= 4 is 23.3 Å². The minimum atomic E-state index is 0.448. The fourth-order valence-corrected chi connectivity index (χ4v) is 3.54. The van der Waals surface area contributed by atoms with E-state index in [9.17, 15) is 0 Å². The van der Waals surface area contributed by atoms with E-state index in [0.717, 1.165) is 17.9 Å². The highest BCUT2D eigenvalue weighted by atomic mass is 15.0. The van der Waals surface area contributed by atoms with Crippen LogP contribution in [0, 0.1) is 6.92 Å². The van der Waals surface area contributed by atoms with Gasteiger partial charge in [-0.15, -0.1) is 0 Å². The summed E-state index contributed by atoms with van der Waals surface area (Å²) < 4.78 is 0. The third kappa shape index (κ3) is 6.24. The van der Waals surface area contributed by atoms with Crippen LogP contribution < -0.4 is 11.1 Å². The number of allylic oxidation sites excluding steroid dienone is 4. The number of aromatic amines is 1. The zero-order valence-corrected chi connectivity index (χ0v) is 19.3. The number of aromatic nitrogens is 1. The van der Waals surface area contributed by atoms with Crippen molar-refractivity contribution in [2.24, 2.45) is 10.7 Å². The molecule has 1 fully saturated rings. The van der Waals surface area contributed by atoms with Crippen LogP contribution in [-0.4, -0.2) is 23.4 Å². The van der Waals surface area contributed by atoms with Crippen LogP contribution in [-0.2, 0) is 0 Å². The monoisotopic (exact) mass is 416 g/mol. The molecule has 0 atom stereocenters. The second kappa shape index (κ2) is 10.9. The molecule has 3 aliphatic rings. The summed E-state index contributed by atoms with van der Waals surface area (Å²) in [6.07, 6.45) is 15.6. The van der Waals surface area contributed by atoms with E-state index < -0.39 is 0 Å². The van der Waals surface area contributed by atoms with Gasteiger partial charge in [-0.1, -0.05) is 55.8 Å². The maximum absolute atomic E-state index is 6.13. The van der Waals surface area contributed by atoms with E-state index in [0.29, 0.717) is 11.9 Å². The van der Waals surface area contributed by atoms with Gasteiger partial charge in [0.1, 0.15) is 11.7 Å². The lowest BCUT2D eigenvalue weighted by Gasteiger charge is -2.17. The molecule has 4 nitrogen and oxygen atoms in total. The summed E-state index contributed by atoms with van der Waals surface area (Å²) in [5, 5.41) is 3.44. The molecule has 5 rings (SSSR count). The average molecular weight is 417 g/mol. The molecule has 0 radical (unpaired) electrons. The van der Waals surface area contributed by atoms with Crippen LogP contribution in [0.2, 0.25) is 0 Å². The first-order valence-electron chi connectivity index (χ1n) is 11.5. The molecule has 4 heteroatoms. The summed E-state index contributed by atoms with van der Waals surface area (Å²) in [6.45, 7) is 9.10. The van der Waals surface area contributed by atoms with Crippen LogP contribution in [0.4, 0.5) is 5.82 Å². The molecule has 0 spiro atoms. The Morgan fingerprint density at radius 2 is 1.97 bits per heavy atom. The number of aryl methyl sites for hydroxylation is 1. The Morgan fingerprint density at radius 1 is 1.16 bits per heavy atom. The Morgan fingerprint density at radius 3 is 2.61 bits per heavy atom. The summed E-state index contributed by atoms with van der Waals surface area (Å²) in [6, 6.07) is 8.81. The SMILES string of the molecule is CC.CC1=CC=CCC1.Cc1c[nH]c2c1C=C(c1cccc(C(N)=NC3CC3)c1)CN2. The minimum absolute atomic E-state index is 0.448. The molecule has 164 valence electrons. The lowest BCUT2D eigenvalue weighted by molar-refractivity contribution is 0.962. The van der Waals surface area contributed by atoms with Gasteiger partial charge in [0.15, 0.2) is 0 Å². The zero-order chi connectivity index (χ0) is 22.2. The molecule has 0 amide bonds. The van der Waals surface area contributed by atoms with Gasteiger partial charge in [-0.25, -0.2) is 0 Å². The number of amidine groups is 1. The molecule has 1 saturated carbocycles. The molecule has 2 heterocycles. The second-order valence-corrected chi connectivity index (χ2v) is 8.09. The van der Waals surface area contributed by atoms with Gasteiger partial charge < -0.3 is 16.0 Å². The highest BCUT2D eigenvalue weighted by molar-refractivity contribution is 5.99. The van der Waals surface area contributed by atoms with Crippen molar-refractivity contribution in [3.05, 3.63) is 76.5 Å². The van der Waals surface area contributed by atoms with Crippen molar-refractivity contribution in [3.63, 3.8) is 0 Å². The number of fused-ring (bicyclic) bond motifs is 1. The van der Waals surface area contributed by atoms with Crippen LogP contribution in [0.5, 0.6) is 0 Å². The standard InChI is InChI=1S/C18H20N4.C7H10.C2H6/c1-11-9-20-18-16(11)8-14(10-21-18)12-3-2-4-13(7-12)17(19)22-15-5-6-15;1-7-5-3-2-4-6-7;1-2/h2-4,7-9,15,20-21H,5-6,10H2,1H3,(H2,19,22);2-3,5H,4,6H2,1H3;1-2H3. The maximum Gasteiger partial charge on any atom is 0.125 e. The Balaban J connectivity index is 0.000000256. The van der Waals surface area contributed by atoms with Gasteiger partial charge >= 0.3 is 0 Å². The lowest BCUT2D eigenvalue weighted by atomic mass is 9.98. The molecular weight excluding hydrogens is 380 g/mol. The fourth-order valence-electron chi connectivity index (χ4n) is 3.54. The Hall–Kier alpha value is -3.01. The second-order valence-electron chi connectivity index (χ2n) is 8.09. The number of hydrogen-bond donors (Lipinski definition) is 3. The molecule has 1 aromatic carbocycles. The smallest absolute Gasteiger partial charge is 0.125 e. The first-order valence-corrected chi connectivity index (χ1v) is 11.5. The van der Waals surface area contributed by atoms with Gasteiger partial charge in [0, 0.05) is 23.9 Å². The van der Waals surface area contributed by atoms with Crippen molar-refractivity contribution in [3.8, 4) is 0 Å². The summed E-state index contributed by atoms with van der Waals surface area (Å²) in [5.41, 5.74) is 13.6. The van der Waals surface area contributed by atoms with Gasteiger partial charge in [0.25, 0.3) is 0 Å². The Bertz CT molecular complexity index is 1000. The van der Waals surface area contributed by atoms with E-state index in [2.05, 4.69) is 71.6 Å². The summed E-state index contributed by atoms with van der Waals surface area (Å²) in [7, 11) is 0. The highest BCUT2D eigenvalue weighted by Gasteiger charge is 2.21. The molecule has 0 saturated heterocycles. The van der Waals surface area contributed by atoms with Crippen LogP contribution in [0.3, 0.4) is 0 Å². The number of nitrogens with zero attached hydrogens (tertiary/aromatic N) is 1. The third-order valence-electron chi connectivity index (χ3n) is 5.52. The molecule has 0 unspecified atom stereocenters. The predicted octanol–water partition coefficient (Wildman–Crippen LogP) is 6.47. The lowest BCUT2D eigenvalue weighted by Crippen LogP contribution is -2.15. The van der Waals surface area contributed by atoms with Crippen LogP contribution in [0.25, 0.3) is 11.6 Å². The van der Waals surface area contributed by atoms with Gasteiger partial charge in [-0.05, 0) is 68.4 Å². The largest absolute Gasteiger partial charge is 0.383 e. The van der Waals surface area contributed by atoms with E-state index in [1.165, 1.54) is 53.5 Å². The first-order chi connectivity index (χ1) is 15.1. The van der Waals surface area contributed by atoms with Crippen molar-refractivity contribution in [1.29, 1.82) is 0 Å². The zero-order valence-electron chi connectivity index (χ0n) is 19.3. The quantitative estimate of drug-likeness (QED) is 0.397. The average Bonchev–Trinajstić information content (AvgIpc) is 3.56. The molecule has 2 aromatic rings. The van der Waals surface area contributed by atoms with Gasteiger partial charge in [0.05, 0.1) is 6.04 Å². The van der Waals surface area contributed by atoms with E-state index >= 15 is 0 Å². The third-order valence-corrected chi connectivity index (χ3v) is 5.52. The number of H-pyrrole nitrogens is 1. The van der Waals surface area contributed by atoms with Crippen molar-refractivity contribution in [2.45, 2.75) is 59.4 Å². The molecule has 0 bridgehead atoms. The normalized spacial score (nSPS) is 17.1. The number of aliphatic imine (C=N–C) groups is 1. The number of hydrogen-bond acceptors (Lipinski definition) is 2. The van der Waals surface area contributed by atoms with Crippen molar-refractivity contribution in [2.75, 3.05) is 11.9 Å². The Labute approximate surface area is 187 Å².